The summed E-state index contributed by atoms with van der Waals surface area (Å²) in [5.74, 6) is 1.16. The number of para-hydroxylation sites is 1. The standard InChI is InChI=1S/C21H23N3/c1-3-6-20-23-21-16(2)7-4-9-19(21)24(20)15-18-12-10-17(11-13-18)8-5-14-22/h4,7,9-13H,3,5-6,8,15H2,1-2H3. The zero-order valence-corrected chi connectivity index (χ0v) is 14.4. The first kappa shape index (κ1) is 16.3. The molecule has 0 unspecified atom stereocenters. The molecule has 3 aromatic rings. The lowest BCUT2D eigenvalue weighted by atomic mass is 10.1. The molecule has 0 aliphatic heterocycles. The first-order valence-corrected chi connectivity index (χ1v) is 8.62. The largest absolute Gasteiger partial charge is 0.323 e. The van der Waals surface area contributed by atoms with Gasteiger partial charge in [0.2, 0.25) is 0 Å². The Labute approximate surface area is 143 Å². The van der Waals surface area contributed by atoms with Crippen LogP contribution in [0.5, 0.6) is 0 Å². The summed E-state index contributed by atoms with van der Waals surface area (Å²) in [7, 11) is 0. The maximum absolute atomic E-state index is 8.70. The van der Waals surface area contributed by atoms with Crippen molar-refractivity contribution in [3.05, 3.63) is 65.0 Å². The Morgan fingerprint density at radius 3 is 2.50 bits per heavy atom. The van der Waals surface area contributed by atoms with E-state index in [1.165, 1.54) is 22.2 Å². The smallest absolute Gasteiger partial charge is 0.110 e. The maximum atomic E-state index is 8.70. The highest BCUT2D eigenvalue weighted by Gasteiger charge is 2.12. The Morgan fingerprint density at radius 1 is 1.04 bits per heavy atom. The molecular weight excluding hydrogens is 294 g/mol. The summed E-state index contributed by atoms with van der Waals surface area (Å²) in [6.07, 6.45) is 3.49. The zero-order chi connectivity index (χ0) is 16.9. The minimum absolute atomic E-state index is 0.575. The minimum Gasteiger partial charge on any atom is -0.323 e. The van der Waals surface area contributed by atoms with Gasteiger partial charge in [-0.2, -0.15) is 5.26 Å². The molecule has 0 radical (unpaired) electrons. The van der Waals surface area contributed by atoms with Crippen molar-refractivity contribution >= 4 is 11.0 Å². The lowest BCUT2D eigenvalue weighted by Gasteiger charge is -2.10. The van der Waals surface area contributed by atoms with E-state index in [1.807, 2.05) is 0 Å². The Hall–Kier alpha value is -2.60. The van der Waals surface area contributed by atoms with Crippen LogP contribution in [-0.2, 0) is 19.4 Å². The van der Waals surface area contributed by atoms with E-state index in [0.29, 0.717) is 6.42 Å². The number of imidazole rings is 1. The van der Waals surface area contributed by atoms with Crippen molar-refractivity contribution in [3.63, 3.8) is 0 Å². The molecule has 3 nitrogen and oxygen atoms in total. The molecule has 0 N–H and O–H groups in total. The molecule has 2 aromatic carbocycles. The van der Waals surface area contributed by atoms with Crippen LogP contribution >= 0.6 is 0 Å². The van der Waals surface area contributed by atoms with Crippen molar-refractivity contribution in [2.45, 2.75) is 46.1 Å². The van der Waals surface area contributed by atoms with Crippen molar-refractivity contribution in [2.75, 3.05) is 0 Å². The average Bonchev–Trinajstić information content (AvgIpc) is 2.94. The molecule has 0 saturated carbocycles. The first-order chi connectivity index (χ1) is 11.7. The van der Waals surface area contributed by atoms with Gasteiger partial charge in [-0.05, 0) is 42.5 Å². The second-order valence-corrected chi connectivity index (χ2v) is 6.28. The molecule has 1 heterocycles. The first-order valence-electron chi connectivity index (χ1n) is 8.62. The predicted octanol–water partition coefficient (Wildman–Crippen LogP) is 4.80. The van der Waals surface area contributed by atoms with Crippen LogP contribution in [0, 0.1) is 18.3 Å². The number of aromatic nitrogens is 2. The number of rotatable bonds is 6. The van der Waals surface area contributed by atoms with Crippen molar-refractivity contribution in [1.29, 1.82) is 5.26 Å². The van der Waals surface area contributed by atoms with Crippen molar-refractivity contribution < 1.29 is 0 Å². The topological polar surface area (TPSA) is 41.6 Å². The van der Waals surface area contributed by atoms with Crippen LogP contribution in [0.15, 0.2) is 42.5 Å². The van der Waals surface area contributed by atoms with Gasteiger partial charge in [-0.25, -0.2) is 4.98 Å². The van der Waals surface area contributed by atoms with Crippen molar-refractivity contribution in [2.24, 2.45) is 0 Å². The summed E-state index contributed by atoms with van der Waals surface area (Å²) in [5, 5.41) is 8.70. The summed E-state index contributed by atoms with van der Waals surface area (Å²) in [4.78, 5) is 4.88. The second-order valence-electron chi connectivity index (χ2n) is 6.28. The Bertz CT molecular complexity index is 866. The summed E-state index contributed by atoms with van der Waals surface area (Å²) in [6, 6.07) is 17.2. The molecule has 0 fully saturated rings. The summed E-state index contributed by atoms with van der Waals surface area (Å²) >= 11 is 0. The highest BCUT2D eigenvalue weighted by atomic mass is 15.1. The highest BCUT2D eigenvalue weighted by Crippen LogP contribution is 2.22. The lowest BCUT2D eigenvalue weighted by Crippen LogP contribution is -2.05. The van der Waals surface area contributed by atoms with E-state index in [1.54, 1.807) is 0 Å². The van der Waals surface area contributed by atoms with Gasteiger partial charge >= 0.3 is 0 Å². The molecule has 0 bridgehead atoms. The second kappa shape index (κ2) is 7.31. The van der Waals surface area contributed by atoms with Crippen LogP contribution < -0.4 is 0 Å². The van der Waals surface area contributed by atoms with Gasteiger partial charge in [0.05, 0.1) is 17.1 Å². The Kier molecular flexibility index (Phi) is 4.96. The third kappa shape index (κ3) is 3.33. The van der Waals surface area contributed by atoms with Crippen LogP contribution in [0.2, 0.25) is 0 Å². The molecule has 122 valence electrons. The van der Waals surface area contributed by atoms with Gasteiger partial charge in [0, 0.05) is 19.4 Å². The molecule has 1 aromatic heterocycles. The fourth-order valence-corrected chi connectivity index (χ4v) is 3.12. The maximum Gasteiger partial charge on any atom is 0.110 e. The van der Waals surface area contributed by atoms with E-state index >= 15 is 0 Å². The van der Waals surface area contributed by atoms with Crippen molar-refractivity contribution in [3.8, 4) is 6.07 Å². The molecule has 0 atom stereocenters. The van der Waals surface area contributed by atoms with Crippen LogP contribution in [0.4, 0.5) is 0 Å². The molecular formula is C21H23N3. The number of benzene rings is 2. The van der Waals surface area contributed by atoms with E-state index in [-0.39, 0.29) is 0 Å². The quantitative estimate of drug-likeness (QED) is 0.655. The SMILES string of the molecule is CCCc1nc2c(C)cccc2n1Cc1ccc(CCC#N)cc1. The van der Waals surface area contributed by atoms with Gasteiger partial charge in [0.1, 0.15) is 5.82 Å². The van der Waals surface area contributed by atoms with E-state index in [4.69, 9.17) is 10.2 Å². The van der Waals surface area contributed by atoms with E-state index in [2.05, 4.69) is 66.9 Å². The lowest BCUT2D eigenvalue weighted by molar-refractivity contribution is 0.721. The molecule has 3 rings (SSSR count). The van der Waals surface area contributed by atoms with Gasteiger partial charge < -0.3 is 4.57 Å². The van der Waals surface area contributed by atoms with Crippen LogP contribution in [0.1, 0.15) is 42.3 Å². The van der Waals surface area contributed by atoms with Crippen LogP contribution in [0.3, 0.4) is 0 Å². The molecule has 0 amide bonds. The number of aryl methyl sites for hydroxylation is 3. The molecule has 0 saturated heterocycles. The molecule has 0 spiro atoms. The Morgan fingerprint density at radius 2 is 1.79 bits per heavy atom. The fourth-order valence-electron chi connectivity index (χ4n) is 3.12. The van der Waals surface area contributed by atoms with Gasteiger partial charge in [-0.1, -0.05) is 43.3 Å². The molecule has 3 heteroatoms. The van der Waals surface area contributed by atoms with Crippen LogP contribution in [-0.4, -0.2) is 9.55 Å². The number of nitriles is 1. The average molecular weight is 317 g/mol. The van der Waals surface area contributed by atoms with Gasteiger partial charge in [0.25, 0.3) is 0 Å². The summed E-state index contributed by atoms with van der Waals surface area (Å²) < 4.78 is 2.34. The Balaban J connectivity index is 1.92. The highest BCUT2D eigenvalue weighted by molar-refractivity contribution is 5.79. The van der Waals surface area contributed by atoms with E-state index < -0.39 is 0 Å². The number of fused-ring (bicyclic) bond motifs is 1. The van der Waals surface area contributed by atoms with Gasteiger partial charge in [-0.3, -0.25) is 0 Å². The summed E-state index contributed by atoms with van der Waals surface area (Å²) in [5.41, 5.74) is 6.06. The third-order valence-electron chi connectivity index (χ3n) is 4.42. The third-order valence-corrected chi connectivity index (χ3v) is 4.42. The van der Waals surface area contributed by atoms with E-state index in [0.717, 1.165) is 37.1 Å². The fraction of sp³-hybridized carbons (Fsp3) is 0.333. The van der Waals surface area contributed by atoms with Crippen LogP contribution in [0.25, 0.3) is 11.0 Å². The van der Waals surface area contributed by atoms with Gasteiger partial charge in [-0.15, -0.1) is 0 Å². The summed E-state index contributed by atoms with van der Waals surface area (Å²) in [6.45, 7) is 5.16. The minimum atomic E-state index is 0.575. The zero-order valence-electron chi connectivity index (χ0n) is 14.4. The molecule has 0 aliphatic carbocycles. The molecule has 24 heavy (non-hydrogen) atoms. The monoisotopic (exact) mass is 317 g/mol. The van der Waals surface area contributed by atoms with Gasteiger partial charge in [0.15, 0.2) is 0 Å². The molecule has 0 aliphatic rings. The normalized spacial score (nSPS) is 10.9. The number of hydrogen-bond donors (Lipinski definition) is 0. The predicted molar refractivity (Wildman–Crippen MR) is 97.9 cm³/mol. The van der Waals surface area contributed by atoms with Crippen molar-refractivity contribution in [1.82, 2.24) is 9.55 Å². The number of hydrogen-bond acceptors (Lipinski definition) is 2. The number of nitrogens with zero attached hydrogens (tertiary/aromatic N) is 3. The van der Waals surface area contributed by atoms with E-state index in [9.17, 15) is 0 Å².